The number of H-pyrrole nitrogens is 1. The van der Waals surface area contributed by atoms with Gasteiger partial charge in [0.25, 0.3) is 0 Å². The van der Waals surface area contributed by atoms with Gasteiger partial charge in [0, 0.05) is 23.4 Å². The van der Waals surface area contributed by atoms with E-state index < -0.39 is 0 Å². The van der Waals surface area contributed by atoms with Crippen molar-refractivity contribution in [2.24, 2.45) is 0 Å². The monoisotopic (exact) mass is 192 g/mol. The zero-order valence-electron chi connectivity index (χ0n) is 7.95. The van der Waals surface area contributed by atoms with Gasteiger partial charge in [-0.2, -0.15) is 5.10 Å². The molecule has 0 saturated carbocycles. The fourth-order valence-corrected chi connectivity index (χ4v) is 1.51. The average molecular weight is 192 g/mol. The third-order valence-electron chi connectivity index (χ3n) is 2.23. The molecule has 0 aliphatic rings. The second-order valence-electron chi connectivity index (χ2n) is 3.16. The van der Waals surface area contributed by atoms with E-state index >= 15 is 0 Å². The fourth-order valence-electron chi connectivity index (χ4n) is 1.51. The number of aromatic nitrogens is 2. The van der Waals surface area contributed by atoms with Gasteiger partial charge in [-0.25, -0.2) is 0 Å². The summed E-state index contributed by atoms with van der Waals surface area (Å²) in [5, 5.41) is 16.0. The molecule has 4 nitrogen and oxygen atoms in total. The maximum Gasteiger partial charge on any atom is 0.0997 e. The molecule has 0 spiro atoms. The summed E-state index contributed by atoms with van der Waals surface area (Å²) in [5.74, 6) is 0. The van der Waals surface area contributed by atoms with Crippen LogP contribution >= 0.6 is 0 Å². The van der Waals surface area contributed by atoms with Crippen LogP contribution in [0.1, 0.15) is 11.3 Å². The third kappa shape index (κ3) is 1.44. The van der Waals surface area contributed by atoms with Gasteiger partial charge in [-0.05, 0) is 19.4 Å². The molecule has 0 aromatic carbocycles. The van der Waals surface area contributed by atoms with Gasteiger partial charge >= 0.3 is 0 Å². The molecule has 0 atom stereocenters. The van der Waals surface area contributed by atoms with Crippen molar-refractivity contribution in [1.29, 1.82) is 0 Å². The van der Waals surface area contributed by atoms with Crippen LogP contribution in [0.4, 0.5) is 0 Å². The van der Waals surface area contributed by atoms with Crippen molar-refractivity contribution in [3.63, 3.8) is 0 Å². The topological polar surface area (TPSA) is 62.0 Å². The number of furan rings is 1. The molecule has 2 heterocycles. The Kier molecular flexibility index (Phi) is 2.37. The van der Waals surface area contributed by atoms with E-state index in [2.05, 4.69) is 10.2 Å². The molecule has 0 aliphatic carbocycles. The molecular weight excluding hydrogens is 180 g/mol. The van der Waals surface area contributed by atoms with Crippen molar-refractivity contribution in [1.82, 2.24) is 10.2 Å². The van der Waals surface area contributed by atoms with Crippen LogP contribution in [0.2, 0.25) is 0 Å². The number of aliphatic hydroxyl groups excluding tert-OH is 1. The van der Waals surface area contributed by atoms with Gasteiger partial charge < -0.3 is 9.52 Å². The predicted molar refractivity (Wildman–Crippen MR) is 51.8 cm³/mol. The van der Waals surface area contributed by atoms with Crippen LogP contribution in [-0.2, 0) is 6.42 Å². The molecule has 2 rings (SSSR count). The van der Waals surface area contributed by atoms with Gasteiger partial charge in [0.05, 0.1) is 18.2 Å². The summed E-state index contributed by atoms with van der Waals surface area (Å²) in [4.78, 5) is 0. The first-order valence-corrected chi connectivity index (χ1v) is 4.50. The summed E-state index contributed by atoms with van der Waals surface area (Å²) in [6.07, 6.45) is 3.88. The molecule has 14 heavy (non-hydrogen) atoms. The van der Waals surface area contributed by atoms with Gasteiger partial charge in [0.2, 0.25) is 0 Å². The Morgan fingerprint density at radius 1 is 1.57 bits per heavy atom. The van der Waals surface area contributed by atoms with Crippen molar-refractivity contribution in [2.45, 2.75) is 13.3 Å². The van der Waals surface area contributed by atoms with Crippen LogP contribution in [0.25, 0.3) is 11.3 Å². The van der Waals surface area contributed by atoms with Crippen molar-refractivity contribution in [3.8, 4) is 11.3 Å². The normalized spacial score (nSPS) is 10.7. The van der Waals surface area contributed by atoms with E-state index in [0.29, 0.717) is 6.42 Å². The van der Waals surface area contributed by atoms with E-state index in [4.69, 9.17) is 9.52 Å². The molecule has 0 aliphatic heterocycles. The van der Waals surface area contributed by atoms with Crippen LogP contribution < -0.4 is 0 Å². The maximum atomic E-state index is 8.92. The lowest BCUT2D eigenvalue weighted by Gasteiger charge is -1.98. The van der Waals surface area contributed by atoms with Gasteiger partial charge in [0.15, 0.2) is 0 Å². The molecular formula is C10H12N2O2. The van der Waals surface area contributed by atoms with Crippen LogP contribution in [0.15, 0.2) is 23.0 Å². The first-order chi connectivity index (χ1) is 6.83. The zero-order valence-corrected chi connectivity index (χ0v) is 7.95. The summed E-state index contributed by atoms with van der Waals surface area (Å²) in [6, 6.07) is 1.86. The molecule has 74 valence electrons. The lowest BCUT2D eigenvalue weighted by Crippen LogP contribution is -1.93. The minimum absolute atomic E-state index is 0.130. The Hall–Kier alpha value is -1.55. The van der Waals surface area contributed by atoms with Crippen LogP contribution in [0.5, 0.6) is 0 Å². The Bertz CT molecular complexity index is 404. The van der Waals surface area contributed by atoms with E-state index in [0.717, 1.165) is 22.5 Å². The fraction of sp³-hybridized carbons (Fsp3) is 0.300. The van der Waals surface area contributed by atoms with Crippen molar-refractivity contribution >= 4 is 0 Å². The smallest absolute Gasteiger partial charge is 0.0997 e. The van der Waals surface area contributed by atoms with Crippen molar-refractivity contribution < 1.29 is 9.52 Å². The number of hydrogen-bond acceptors (Lipinski definition) is 3. The molecule has 0 bridgehead atoms. The lowest BCUT2D eigenvalue weighted by atomic mass is 10.1. The maximum absolute atomic E-state index is 8.92. The SMILES string of the molecule is Cc1[nH]nc(-c2ccoc2)c1CCO. The highest BCUT2D eigenvalue weighted by molar-refractivity contribution is 5.62. The minimum atomic E-state index is 0.130. The lowest BCUT2D eigenvalue weighted by molar-refractivity contribution is 0.299. The summed E-state index contributed by atoms with van der Waals surface area (Å²) in [5.41, 5.74) is 3.85. The second kappa shape index (κ2) is 3.67. The van der Waals surface area contributed by atoms with Crippen LogP contribution in [-0.4, -0.2) is 21.9 Å². The molecule has 0 radical (unpaired) electrons. The number of aryl methyl sites for hydroxylation is 1. The Morgan fingerprint density at radius 3 is 3.07 bits per heavy atom. The average Bonchev–Trinajstić information content (AvgIpc) is 2.77. The van der Waals surface area contributed by atoms with Crippen LogP contribution in [0.3, 0.4) is 0 Å². The number of nitrogens with zero attached hydrogens (tertiary/aromatic N) is 1. The van der Waals surface area contributed by atoms with Crippen LogP contribution in [0, 0.1) is 6.92 Å². The summed E-state index contributed by atoms with van der Waals surface area (Å²) >= 11 is 0. The molecule has 4 heteroatoms. The summed E-state index contributed by atoms with van der Waals surface area (Å²) in [7, 11) is 0. The summed E-state index contributed by atoms with van der Waals surface area (Å²) < 4.78 is 4.99. The highest BCUT2D eigenvalue weighted by Crippen LogP contribution is 2.23. The summed E-state index contributed by atoms with van der Waals surface area (Å²) in [6.45, 7) is 2.08. The Labute approximate surface area is 81.6 Å². The molecule has 0 fully saturated rings. The van der Waals surface area contributed by atoms with Crippen molar-refractivity contribution in [3.05, 3.63) is 29.9 Å². The standard InChI is InChI=1S/C10H12N2O2/c1-7-9(2-4-13)10(12-11-7)8-3-5-14-6-8/h3,5-6,13H,2,4H2,1H3,(H,11,12). The first-order valence-electron chi connectivity index (χ1n) is 4.50. The third-order valence-corrected chi connectivity index (χ3v) is 2.23. The second-order valence-corrected chi connectivity index (χ2v) is 3.16. The van der Waals surface area contributed by atoms with E-state index in [1.807, 2.05) is 13.0 Å². The van der Waals surface area contributed by atoms with Gasteiger partial charge in [0.1, 0.15) is 0 Å². The zero-order chi connectivity index (χ0) is 9.97. The van der Waals surface area contributed by atoms with Gasteiger partial charge in [-0.15, -0.1) is 0 Å². The predicted octanol–water partition coefficient (Wildman–Crippen LogP) is 1.51. The first kappa shape index (κ1) is 9.02. The minimum Gasteiger partial charge on any atom is -0.472 e. The molecule has 0 amide bonds. The van der Waals surface area contributed by atoms with Crippen molar-refractivity contribution in [2.75, 3.05) is 6.61 Å². The largest absolute Gasteiger partial charge is 0.472 e. The quantitative estimate of drug-likeness (QED) is 0.774. The molecule has 2 N–H and O–H groups in total. The van der Waals surface area contributed by atoms with E-state index in [1.54, 1.807) is 12.5 Å². The van der Waals surface area contributed by atoms with Gasteiger partial charge in [-0.3, -0.25) is 5.10 Å². The Balaban J connectivity index is 2.43. The number of rotatable bonds is 3. The number of hydrogen-bond donors (Lipinski definition) is 2. The number of aromatic amines is 1. The number of nitrogens with one attached hydrogen (secondary N) is 1. The molecule has 0 saturated heterocycles. The molecule has 0 unspecified atom stereocenters. The highest BCUT2D eigenvalue weighted by Gasteiger charge is 2.12. The van der Waals surface area contributed by atoms with E-state index in [9.17, 15) is 0 Å². The van der Waals surface area contributed by atoms with E-state index in [-0.39, 0.29) is 6.61 Å². The van der Waals surface area contributed by atoms with E-state index in [1.165, 1.54) is 0 Å². The highest BCUT2D eigenvalue weighted by atomic mass is 16.3. The van der Waals surface area contributed by atoms with Gasteiger partial charge in [-0.1, -0.05) is 0 Å². The molecule has 2 aromatic heterocycles. The molecule has 2 aromatic rings. The number of aliphatic hydroxyl groups is 1. The Morgan fingerprint density at radius 2 is 2.43 bits per heavy atom.